The van der Waals surface area contributed by atoms with E-state index in [0.717, 1.165) is 0 Å². The third-order valence-electron chi connectivity index (χ3n) is 4.93. The maximum absolute atomic E-state index is 13.5. The summed E-state index contributed by atoms with van der Waals surface area (Å²) in [6.45, 7) is 0.764. The molecular weight excluding hydrogens is 561 g/mol. The van der Waals surface area contributed by atoms with Gasteiger partial charge in [-0.1, -0.05) is 23.2 Å². The number of carbonyl (C=O) groups is 1. The fourth-order valence-electron chi connectivity index (χ4n) is 3.36. The van der Waals surface area contributed by atoms with Gasteiger partial charge in [0, 0.05) is 45.7 Å². The molecule has 4 rings (SSSR count). The first-order valence-corrected chi connectivity index (χ1v) is 13.5. The van der Waals surface area contributed by atoms with E-state index in [4.69, 9.17) is 23.2 Å². The Morgan fingerprint density at radius 3 is 2.59 bits per heavy atom. The lowest BCUT2D eigenvalue weighted by Gasteiger charge is -2.27. The van der Waals surface area contributed by atoms with E-state index in [1.807, 2.05) is 0 Å². The summed E-state index contributed by atoms with van der Waals surface area (Å²) in [5.41, 5.74) is 0.790. The first-order valence-electron chi connectivity index (χ1n) is 9.34. The van der Waals surface area contributed by atoms with Crippen molar-refractivity contribution < 1.29 is 18.3 Å². The van der Waals surface area contributed by atoms with Gasteiger partial charge in [-0.3, -0.25) is 4.98 Å². The minimum Gasteiger partial charge on any atom is -0.478 e. The highest BCUT2D eigenvalue weighted by Crippen LogP contribution is 2.38. The number of hydrogen-bond donors (Lipinski definition) is 2. The molecule has 0 amide bonds. The second-order valence-corrected chi connectivity index (χ2v) is 11.7. The Balaban J connectivity index is 1.95. The van der Waals surface area contributed by atoms with Crippen LogP contribution in [0.3, 0.4) is 0 Å². The van der Waals surface area contributed by atoms with Gasteiger partial charge < -0.3 is 10.4 Å². The molecule has 0 radical (unpaired) electrons. The third kappa shape index (κ3) is 4.57. The number of hydrogen-bond acceptors (Lipinski definition) is 6. The van der Waals surface area contributed by atoms with Crippen LogP contribution < -0.4 is 5.32 Å². The molecule has 0 aliphatic carbocycles. The standard InChI is InChI=1S/C20H16BrCl2N3O4S2/c21-14-9-17-12(8-15(14)23)19(25-16-2-1-11(22)7-13(16)20(27)28)18(10-24-17)32(29,30)26-3-5-31-6-4-26/h1-2,7-10H,3-6H2,(H,24,25)(H,27,28). The summed E-state index contributed by atoms with van der Waals surface area (Å²) in [7, 11) is -3.90. The monoisotopic (exact) mass is 575 g/mol. The predicted molar refractivity (Wildman–Crippen MR) is 132 cm³/mol. The van der Waals surface area contributed by atoms with Crippen LogP contribution in [0.2, 0.25) is 10.0 Å². The van der Waals surface area contributed by atoms with Crippen molar-refractivity contribution in [3.05, 3.63) is 56.6 Å². The number of sulfonamides is 1. The smallest absolute Gasteiger partial charge is 0.337 e. The van der Waals surface area contributed by atoms with Crippen LogP contribution >= 0.6 is 50.9 Å². The van der Waals surface area contributed by atoms with Gasteiger partial charge in [0.05, 0.1) is 27.5 Å². The molecule has 0 spiro atoms. The molecule has 2 heterocycles. The summed E-state index contributed by atoms with van der Waals surface area (Å²) in [4.78, 5) is 16.1. The summed E-state index contributed by atoms with van der Waals surface area (Å²) in [5.74, 6) is 0.191. The van der Waals surface area contributed by atoms with E-state index in [2.05, 4.69) is 26.2 Å². The summed E-state index contributed by atoms with van der Waals surface area (Å²) in [5, 5.41) is 13.7. The number of rotatable bonds is 5. The lowest BCUT2D eigenvalue weighted by Crippen LogP contribution is -2.38. The normalized spacial score (nSPS) is 15.1. The quantitative estimate of drug-likeness (QED) is 0.414. The van der Waals surface area contributed by atoms with Crippen LogP contribution in [0.25, 0.3) is 10.9 Å². The van der Waals surface area contributed by atoms with Gasteiger partial charge in [-0.25, -0.2) is 13.2 Å². The van der Waals surface area contributed by atoms with Crippen molar-refractivity contribution >= 4 is 89.2 Å². The molecule has 1 aliphatic rings. The predicted octanol–water partition coefficient (Wildman–Crippen LogP) is 5.48. The summed E-state index contributed by atoms with van der Waals surface area (Å²) in [6.07, 6.45) is 1.29. The molecule has 168 valence electrons. The van der Waals surface area contributed by atoms with Gasteiger partial charge in [-0.15, -0.1) is 0 Å². The van der Waals surface area contributed by atoms with Gasteiger partial charge in [0.15, 0.2) is 0 Å². The van der Waals surface area contributed by atoms with Crippen LogP contribution in [0, 0.1) is 0 Å². The van der Waals surface area contributed by atoms with Gasteiger partial charge >= 0.3 is 5.97 Å². The molecule has 1 saturated heterocycles. The molecule has 1 aliphatic heterocycles. The molecular formula is C20H16BrCl2N3O4S2. The van der Waals surface area contributed by atoms with Gasteiger partial charge in [0.1, 0.15) is 4.90 Å². The number of nitrogens with one attached hydrogen (secondary N) is 1. The molecule has 1 aromatic heterocycles. The molecule has 12 heteroatoms. The molecule has 7 nitrogen and oxygen atoms in total. The number of nitrogens with zero attached hydrogens (tertiary/aromatic N) is 2. The number of aromatic carboxylic acids is 1. The van der Waals surface area contributed by atoms with Crippen molar-refractivity contribution in [1.82, 2.24) is 9.29 Å². The molecule has 2 aromatic carbocycles. The molecule has 0 atom stereocenters. The number of benzene rings is 2. The molecule has 32 heavy (non-hydrogen) atoms. The van der Waals surface area contributed by atoms with Crippen LogP contribution in [0.1, 0.15) is 10.4 Å². The lowest BCUT2D eigenvalue weighted by molar-refractivity contribution is 0.0698. The SMILES string of the molecule is O=C(O)c1cc(Cl)ccc1Nc1c(S(=O)(=O)N2CCSCC2)cnc2cc(Br)c(Cl)cc12. The highest BCUT2D eigenvalue weighted by atomic mass is 79.9. The Hall–Kier alpha value is -1.56. The summed E-state index contributed by atoms with van der Waals surface area (Å²) >= 11 is 17.3. The summed E-state index contributed by atoms with van der Waals surface area (Å²) in [6, 6.07) is 7.59. The number of halogens is 3. The van der Waals surface area contributed by atoms with E-state index in [-0.39, 0.29) is 26.9 Å². The number of anilines is 2. The van der Waals surface area contributed by atoms with E-state index < -0.39 is 16.0 Å². The van der Waals surface area contributed by atoms with Gasteiger partial charge in [0.25, 0.3) is 0 Å². The van der Waals surface area contributed by atoms with E-state index in [0.29, 0.717) is 45.0 Å². The Labute approximate surface area is 207 Å². The largest absolute Gasteiger partial charge is 0.478 e. The Morgan fingerprint density at radius 2 is 1.91 bits per heavy atom. The maximum atomic E-state index is 13.5. The van der Waals surface area contributed by atoms with Crippen LogP contribution in [-0.2, 0) is 10.0 Å². The molecule has 1 fully saturated rings. The van der Waals surface area contributed by atoms with Crippen molar-refractivity contribution in [3.8, 4) is 0 Å². The van der Waals surface area contributed by atoms with Gasteiger partial charge in [0.2, 0.25) is 10.0 Å². The Kier molecular flexibility index (Phi) is 6.90. The van der Waals surface area contributed by atoms with E-state index in [9.17, 15) is 18.3 Å². The van der Waals surface area contributed by atoms with E-state index in [1.165, 1.54) is 28.7 Å². The average molecular weight is 577 g/mol. The number of pyridine rings is 1. The van der Waals surface area contributed by atoms with E-state index >= 15 is 0 Å². The molecule has 0 saturated carbocycles. The second-order valence-electron chi connectivity index (χ2n) is 6.92. The third-order valence-corrected chi connectivity index (χ3v) is 9.22. The zero-order chi connectivity index (χ0) is 23.0. The zero-order valence-corrected chi connectivity index (χ0v) is 21.0. The van der Waals surface area contributed by atoms with Crippen LogP contribution in [0.5, 0.6) is 0 Å². The first-order chi connectivity index (χ1) is 15.2. The van der Waals surface area contributed by atoms with Crippen LogP contribution in [0.15, 0.2) is 45.9 Å². The Morgan fingerprint density at radius 1 is 1.19 bits per heavy atom. The van der Waals surface area contributed by atoms with Crippen molar-refractivity contribution in [2.75, 3.05) is 29.9 Å². The number of aromatic nitrogens is 1. The molecule has 0 bridgehead atoms. The topological polar surface area (TPSA) is 99.6 Å². The number of carboxylic acids is 1. The minimum absolute atomic E-state index is 0.0541. The van der Waals surface area contributed by atoms with Crippen LogP contribution in [0.4, 0.5) is 11.4 Å². The van der Waals surface area contributed by atoms with E-state index in [1.54, 1.807) is 23.9 Å². The fourth-order valence-corrected chi connectivity index (χ4v) is 6.70. The first kappa shape index (κ1) is 23.6. The van der Waals surface area contributed by atoms with Gasteiger partial charge in [-0.2, -0.15) is 16.1 Å². The minimum atomic E-state index is -3.90. The summed E-state index contributed by atoms with van der Waals surface area (Å²) < 4.78 is 29.1. The molecule has 0 unspecified atom stereocenters. The average Bonchev–Trinajstić information content (AvgIpc) is 2.76. The second kappa shape index (κ2) is 9.36. The highest BCUT2D eigenvalue weighted by Gasteiger charge is 2.30. The maximum Gasteiger partial charge on any atom is 0.337 e. The lowest BCUT2D eigenvalue weighted by atomic mass is 10.1. The molecule has 3 aromatic rings. The van der Waals surface area contributed by atoms with Gasteiger partial charge in [-0.05, 0) is 46.3 Å². The van der Waals surface area contributed by atoms with Crippen molar-refractivity contribution in [2.24, 2.45) is 0 Å². The zero-order valence-electron chi connectivity index (χ0n) is 16.3. The molecule has 2 N–H and O–H groups in total. The number of fused-ring (bicyclic) bond motifs is 1. The number of thioether (sulfide) groups is 1. The Bertz CT molecular complexity index is 1330. The van der Waals surface area contributed by atoms with Crippen molar-refractivity contribution in [3.63, 3.8) is 0 Å². The van der Waals surface area contributed by atoms with Crippen molar-refractivity contribution in [1.29, 1.82) is 0 Å². The van der Waals surface area contributed by atoms with Crippen molar-refractivity contribution in [2.45, 2.75) is 4.90 Å². The fraction of sp³-hybridized carbons (Fsp3) is 0.200. The number of carboxylic acid groups (broad SMARTS) is 1. The highest BCUT2D eigenvalue weighted by molar-refractivity contribution is 9.10. The van der Waals surface area contributed by atoms with Crippen LogP contribution in [-0.4, -0.2) is 53.4 Å².